The highest BCUT2D eigenvalue weighted by atomic mass is 16.2. The maximum absolute atomic E-state index is 11.7. The van der Waals surface area contributed by atoms with E-state index in [0.717, 1.165) is 30.6 Å². The van der Waals surface area contributed by atoms with Crippen molar-refractivity contribution in [3.8, 4) is 6.07 Å². The number of hydrogen-bond acceptors (Lipinski definition) is 2. The lowest BCUT2D eigenvalue weighted by Gasteiger charge is -2.27. The molecule has 16 heavy (non-hydrogen) atoms. The van der Waals surface area contributed by atoms with Gasteiger partial charge in [-0.25, -0.2) is 0 Å². The standard InChI is InChI=1S/C13H14N2O/c1-10-5-6-12(8-11(10)9-14)15-7-3-2-4-13(15)16/h5-6,8H,2-4,7H2,1H3. The minimum atomic E-state index is 0.166. The topological polar surface area (TPSA) is 44.1 Å². The normalized spacial score (nSPS) is 16.0. The fraction of sp³-hybridized carbons (Fsp3) is 0.385. The highest BCUT2D eigenvalue weighted by molar-refractivity contribution is 5.94. The van der Waals surface area contributed by atoms with Crippen LogP contribution in [0, 0.1) is 18.3 Å². The lowest BCUT2D eigenvalue weighted by Crippen LogP contribution is -2.35. The van der Waals surface area contributed by atoms with Gasteiger partial charge in [0.25, 0.3) is 0 Å². The number of nitriles is 1. The molecule has 0 N–H and O–H groups in total. The van der Waals surface area contributed by atoms with Crippen LogP contribution in [0.25, 0.3) is 0 Å². The Balaban J connectivity index is 2.33. The van der Waals surface area contributed by atoms with Crippen LogP contribution in [-0.4, -0.2) is 12.5 Å². The molecule has 82 valence electrons. The molecule has 3 heteroatoms. The van der Waals surface area contributed by atoms with Crippen molar-refractivity contribution in [1.82, 2.24) is 0 Å². The maximum atomic E-state index is 11.7. The second kappa shape index (κ2) is 4.36. The van der Waals surface area contributed by atoms with Crippen LogP contribution in [-0.2, 0) is 4.79 Å². The summed E-state index contributed by atoms with van der Waals surface area (Å²) in [5.41, 5.74) is 2.46. The van der Waals surface area contributed by atoms with Gasteiger partial charge in [-0.2, -0.15) is 5.26 Å². The summed E-state index contributed by atoms with van der Waals surface area (Å²) in [6, 6.07) is 7.77. The molecule has 0 saturated carbocycles. The van der Waals surface area contributed by atoms with Crippen LogP contribution in [0.15, 0.2) is 18.2 Å². The first-order chi connectivity index (χ1) is 7.72. The van der Waals surface area contributed by atoms with Gasteiger partial charge in [-0.1, -0.05) is 6.07 Å². The fourth-order valence-electron chi connectivity index (χ4n) is 1.98. The number of nitrogens with zero attached hydrogens (tertiary/aromatic N) is 2. The quantitative estimate of drug-likeness (QED) is 0.720. The second-order valence-corrected chi connectivity index (χ2v) is 4.11. The molecular weight excluding hydrogens is 200 g/mol. The molecule has 1 saturated heterocycles. The van der Waals surface area contributed by atoms with E-state index in [0.29, 0.717) is 12.0 Å². The van der Waals surface area contributed by atoms with Gasteiger partial charge in [0, 0.05) is 18.7 Å². The molecule has 1 aliphatic heterocycles. The molecule has 0 radical (unpaired) electrons. The summed E-state index contributed by atoms with van der Waals surface area (Å²) in [5.74, 6) is 0.166. The Hall–Kier alpha value is -1.82. The number of rotatable bonds is 1. The molecule has 1 aromatic carbocycles. The van der Waals surface area contributed by atoms with Crippen LogP contribution in [0.4, 0.5) is 5.69 Å². The van der Waals surface area contributed by atoms with E-state index in [2.05, 4.69) is 6.07 Å². The summed E-state index contributed by atoms with van der Waals surface area (Å²) < 4.78 is 0. The van der Waals surface area contributed by atoms with Crippen LogP contribution >= 0.6 is 0 Å². The third-order valence-electron chi connectivity index (χ3n) is 2.98. The lowest BCUT2D eigenvalue weighted by atomic mass is 10.1. The molecule has 0 bridgehead atoms. The Morgan fingerprint density at radius 2 is 2.19 bits per heavy atom. The van der Waals surface area contributed by atoms with Crippen LogP contribution in [0.5, 0.6) is 0 Å². The van der Waals surface area contributed by atoms with Gasteiger partial charge in [0.1, 0.15) is 0 Å². The first-order valence-electron chi connectivity index (χ1n) is 5.53. The van der Waals surface area contributed by atoms with Crippen molar-refractivity contribution in [3.63, 3.8) is 0 Å². The summed E-state index contributed by atoms with van der Waals surface area (Å²) in [5, 5.41) is 8.95. The van der Waals surface area contributed by atoms with Crippen LogP contribution in [0.1, 0.15) is 30.4 Å². The minimum absolute atomic E-state index is 0.166. The average Bonchev–Trinajstić information content (AvgIpc) is 2.31. The number of carbonyl (C=O) groups excluding carboxylic acids is 1. The van der Waals surface area contributed by atoms with E-state index in [1.54, 1.807) is 11.0 Å². The molecule has 1 heterocycles. The largest absolute Gasteiger partial charge is 0.312 e. The number of aryl methyl sites for hydroxylation is 1. The third kappa shape index (κ3) is 1.92. The molecular formula is C13H14N2O. The van der Waals surface area contributed by atoms with E-state index in [4.69, 9.17) is 5.26 Å². The molecule has 0 atom stereocenters. The summed E-state index contributed by atoms with van der Waals surface area (Å²) in [6.07, 6.45) is 2.64. The predicted molar refractivity (Wildman–Crippen MR) is 62.1 cm³/mol. The van der Waals surface area contributed by atoms with Crippen molar-refractivity contribution < 1.29 is 4.79 Å². The third-order valence-corrected chi connectivity index (χ3v) is 2.98. The van der Waals surface area contributed by atoms with Gasteiger partial charge in [0.05, 0.1) is 11.6 Å². The Bertz CT molecular complexity index is 459. The van der Waals surface area contributed by atoms with Crippen molar-refractivity contribution in [1.29, 1.82) is 5.26 Å². The predicted octanol–water partition coefficient (Wildman–Crippen LogP) is 2.38. The monoisotopic (exact) mass is 214 g/mol. The van der Waals surface area contributed by atoms with E-state index in [9.17, 15) is 4.79 Å². The molecule has 0 unspecified atom stereocenters. The second-order valence-electron chi connectivity index (χ2n) is 4.11. The zero-order valence-electron chi connectivity index (χ0n) is 9.36. The van der Waals surface area contributed by atoms with E-state index in [1.807, 2.05) is 19.1 Å². The maximum Gasteiger partial charge on any atom is 0.226 e. The van der Waals surface area contributed by atoms with E-state index in [-0.39, 0.29) is 5.91 Å². The molecule has 1 amide bonds. The summed E-state index contributed by atoms with van der Waals surface area (Å²) in [7, 11) is 0. The number of carbonyl (C=O) groups is 1. The van der Waals surface area contributed by atoms with E-state index < -0.39 is 0 Å². The highest BCUT2D eigenvalue weighted by Crippen LogP contribution is 2.23. The first kappa shape index (κ1) is 10.7. The van der Waals surface area contributed by atoms with Crippen molar-refractivity contribution >= 4 is 11.6 Å². The Labute approximate surface area is 95.3 Å². The molecule has 1 aromatic rings. The van der Waals surface area contributed by atoms with Gasteiger partial charge in [-0.3, -0.25) is 4.79 Å². The molecule has 3 nitrogen and oxygen atoms in total. The Morgan fingerprint density at radius 3 is 2.88 bits per heavy atom. The van der Waals surface area contributed by atoms with Crippen molar-refractivity contribution in [3.05, 3.63) is 29.3 Å². The minimum Gasteiger partial charge on any atom is -0.312 e. The van der Waals surface area contributed by atoms with Gasteiger partial charge in [0.2, 0.25) is 5.91 Å². The highest BCUT2D eigenvalue weighted by Gasteiger charge is 2.19. The summed E-state index contributed by atoms with van der Waals surface area (Å²) >= 11 is 0. The SMILES string of the molecule is Cc1ccc(N2CCCCC2=O)cc1C#N. The first-order valence-corrected chi connectivity index (χ1v) is 5.53. The Morgan fingerprint density at radius 1 is 1.38 bits per heavy atom. The van der Waals surface area contributed by atoms with E-state index >= 15 is 0 Å². The van der Waals surface area contributed by atoms with Gasteiger partial charge in [0.15, 0.2) is 0 Å². The van der Waals surface area contributed by atoms with Crippen molar-refractivity contribution in [2.75, 3.05) is 11.4 Å². The number of amides is 1. The summed E-state index contributed by atoms with van der Waals surface area (Å²) in [4.78, 5) is 13.5. The van der Waals surface area contributed by atoms with Crippen LogP contribution in [0.3, 0.4) is 0 Å². The van der Waals surface area contributed by atoms with Crippen molar-refractivity contribution in [2.45, 2.75) is 26.2 Å². The number of hydrogen-bond donors (Lipinski definition) is 0. The van der Waals surface area contributed by atoms with Crippen LogP contribution < -0.4 is 4.90 Å². The average molecular weight is 214 g/mol. The number of benzene rings is 1. The number of piperidine rings is 1. The van der Waals surface area contributed by atoms with Gasteiger partial charge < -0.3 is 4.90 Å². The van der Waals surface area contributed by atoms with Crippen LogP contribution in [0.2, 0.25) is 0 Å². The molecule has 0 aromatic heterocycles. The smallest absolute Gasteiger partial charge is 0.226 e. The molecule has 1 aliphatic rings. The number of anilines is 1. The molecule has 2 rings (SSSR count). The Kier molecular flexibility index (Phi) is 2.91. The fourth-order valence-corrected chi connectivity index (χ4v) is 1.98. The summed E-state index contributed by atoms with van der Waals surface area (Å²) in [6.45, 7) is 2.67. The van der Waals surface area contributed by atoms with Crippen molar-refractivity contribution in [2.24, 2.45) is 0 Å². The molecule has 0 aliphatic carbocycles. The zero-order chi connectivity index (χ0) is 11.5. The van der Waals surface area contributed by atoms with Gasteiger partial charge in [-0.15, -0.1) is 0 Å². The van der Waals surface area contributed by atoms with Gasteiger partial charge in [-0.05, 0) is 37.5 Å². The zero-order valence-corrected chi connectivity index (χ0v) is 9.36. The van der Waals surface area contributed by atoms with E-state index in [1.165, 1.54) is 0 Å². The lowest BCUT2D eigenvalue weighted by molar-refractivity contribution is -0.119. The molecule has 0 spiro atoms. The molecule has 1 fully saturated rings. The van der Waals surface area contributed by atoms with Gasteiger partial charge >= 0.3 is 0 Å².